The Bertz CT molecular complexity index is 1650. The van der Waals surface area contributed by atoms with E-state index in [1.165, 1.54) is 23.4 Å². The first-order chi connectivity index (χ1) is 16.8. The molecule has 0 radical (unpaired) electrons. The molecule has 1 N–H and O–H groups in total. The van der Waals surface area contributed by atoms with Gasteiger partial charge in [-0.05, 0) is 70.8 Å². The van der Waals surface area contributed by atoms with Crippen molar-refractivity contribution in [3.05, 3.63) is 84.8 Å². The largest absolute Gasteiger partial charge is 0.378 e. The number of nitrogens with zero attached hydrogens (tertiary/aromatic N) is 7. The average Bonchev–Trinajstić information content (AvgIpc) is 3.42. The fraction of sp³-hybridized carbons (Fsp3) is 0.174. The monoisotopic (exact) mass is 600 g/mol. The molecule has 3 heterocycles. The Labute approximate surface area is 217 Å². The lowest BCUT2D eigenvalue weighted by Gasteiger charge is -2.11. The van der Waals surface area contributed by atoms with Crippen LogP contribution in [0.25, 0.3) is 16.9 Å². The molecule has 0 aliphatic heterocycles. The molecule has 12 heteroatoms. The molecule has 35 heavy (non-hydrogen) atoms. The zero-order valence-corrected chi connectivity index (χ0v) is 22.1. The van der Waals surface area contributed by atoms with Gasteiger partial charge in [0.05, 0.1) is 6.54 Å². The summed E-state index contributed by atoms with van der Waals surface area (Å²) >= 11 is 3.56. The summed E-state index contributed by atoms with van der Waals surface area (Å²) in [6.45, 7) is 0.459. The van der Waals surface area contributed by atoms with E-state index < -0.39 is 11.2 Å². The molecule has 5 aromatic rings. The summed E-state index contributed by atoms with van der Waals surface area (Å²) in [5.41, 5.74) is 1.75. The number of imidazole rings is 1. The van der Waals surface area contributed by atoms with Crippen molar-refractivity contribution < 1.29 is 0 Å². The number of para-hydroxylation sites is 1. The van der Waals surface area contributed by atoms with Crippen LogP contribution in [0.2, 0.25) is 0 Å². The van der Waals surface area contributed by atoms with Gasteiger partial charge >= 0.3 is 5.69 Å². The molecule has 0 bridgehead atoms. The summed E-state index contributed by atoms with van der Waals surface area (Å²) in [5.74, 6) is 0.722. The molecule has 0 fully saturated rings. The molecule has 0 atom stereocenters. The van der Waals surface area contributed by atoms with E-state index in [1.54, 1.807) is 18.7 Å². The molecule has 5 rings (SSSR count). The van der Waals surface area contributed by atoms with Crippen molar-refractivity contribution in [1.29, 1.82) is 0 Å². The third-order valence-corrected chi connectivity index (χ3v) is 7.34. The van der Waals surface area contributed by atoms with Crippen molar-refractivity contribution in [1.82, 2.24) is 33.4 Å². The predicted octanol–water partition coefficient (Wildman–Crippen LogP) is 2.92. The Hall–Kier alpha value is -3.39. The van der Waals surface area contributed by atoms with Gasteiger partial charge < -0.3 is 9.88 Å². The Morgan fingerprint density at radius 3 is 2.31 bits per heavy atom. The fourth-order valence-electron chi connectivity index (χ4n) is 3.74. The van der Waals surface area contributed by atoms with Gasteiger partial charge in [-0.15, -0.1) is 10.2 Å². The smallest absolute Gasteiger partial charge is 0.332 e. The van der Waals surface area contributed by atoms with Crippen molar-refractivity contribution in [3.8, 4) is 5.69 Å². The van der Waals surface area contributed by atoms with Gasteiger partial charge in [-0.1, -0.05) is 18.2 Å². The van der Waals surface area contributed by atoms with E-state index in [4.69, 9.17) is 0 Å². The van der Waals surface area contributed by atoms with E-state index in [0.717, 1.165) is 25.3 Å². The number of rotatable bonds is 6. The SMILES string of the molecule is Cn1c(=O)c2c(nc(Sc3nnc(CNc4ccc(I)cc4)n3-c3ccccc3)n2C)n(C)c1=O. The number of fused-ring (bicyclic) bond motifs is 1. The Balaban J connectivity index is 1.56. The molecular weight excluding hydrogens is 579 g/mol. The number of benzene rings is 2. The van der Waals surface area contributed by atoms with Gasteiger partial charge in [0.2, 0.25) is 5.16 Å². The van der Waals surface area contributed by atoms with Gasteiger partial charge in [-0.25, -0.2) is 9.78 Å². The van der Waals surface area contributed by atoms with E-state index in [1.807, 2.05) is 59.2 Å². The topological polar surface area (TPSA) is 105 Å². The van der Waals surface area contributed by atoms with Crippen LogP contribution in [0.15, 0.2) is 74.5 Å². The molecule has 2 aromatic carbocycles. The third kappa shape index (κ3) is 4.27. The van der Waals surface area contributed by atoms with Crippen LogP contribution < -0.4 is 16.6 Å². The van der Waals surface area contributed by atoms with E-state index in [0.29, 0.717) is 28.0 Å². The Morgan fingerprint density at radius 1 is 0.886 bits per heavy atom. The Morgan fingerprint density at radius 2 is 1.60 bits per heavy atom. The second-order valence-corrected chi connectivity index (χ2v) is 10.0. The number of aryl methyl sites for hydroxylation is 2. The lowest BCUT2D eigenvalue weighted by Crippen LogP contribution is -2.37. The quantitative estimate of drug-likeness (QED) is 0.299. The van der Waals surface area contributed by atoms with Gasteiger partial charge in [0.1, 0.15) is 0 Å². The number of aromatic nitrogens is 7. The highest BCUT2D eigenvalue weighted by Crippen LogP contribution is 2.30. The highest BCUT2D eigenvalue weighted by atomic mass is 127. The van der Waals surface area contributed by atoms with Crippen LogP contribution in [0.1, 0.15) is 5.82 Å². The molecule has 0 unspecified atom stereocenters. The minimum atomic E-state index is -0.423. The summed E-state index contributed by atoms with van der Waals surface area (Å²) in [6, 6.07) is 17.9. The van der Waals surface area contributed by atoms with Crippen molar-refractivity contribution in [2.45, 2.75) is 16.9 Å². The summed E-state index contributed by atoms with van der Waals surface area (Å²) in [7, 11) is 4.82. The maximum absolute atomic E-state index is 12.8. The second-order valence-electron chi connectivity index (χ2n) is 7.86. The van der Waals surface area contributed by atoms with Crippen LogP contribution >= 0.6 is 34.4 Å². The lowest BCUT2D eigenvalue weighted by molar-refractivity contribution is 0.705. The van der Waals surface area contributed by atoms with Crippen molar-refractivity contribution in [2.24, 2.45) is 21.1 Å². The molecule has 3 aromatic heterocycles. The van der Waals surface area contributed by atoms with E-state index in [9.17, 15) is 9.59 Å². The summed E-state index contributed by atoms with van der Waals surface area (Å²) in [5, 5.41) is 13.4. The highest BCUT2D eigenvalue weighted by Gasteiger charge is 2.21. The summed E-state index contributed by atoms with van der Waals surface area (Å²) < 4.78 is 7.27. The summed E-state index contributed by atoms with van der Waals surface area (Å²) in [6.07, 6.45) is 0. The maximum Gasteiger partial charge on any atom is 0.332 e. The third-order valence-electron chi connectivity index (χ3n) is 5.63. The van der Waals surface area contributed by atoms with Gasteiger partial charge in [-0.3, -0.25) is 18.5 Å². The van der Waals surface area contributed by atoms with E-state index in [2.05, 4.69) is 43.1 Å². The molecule has 0 aliphatic carbocycles. The molecule has 178 valence electrons. The van der Waals surface area contributed by atoms with Crippen molar-refractivity contribution in [2.75, 3.05) is 5.32 Å². The van der Waals surface area contributed by atoms with Crippen molar-refractivity contribution in [3.63, 3.8) is 0 Å². The molecule has 0 saturated carbocycles. The van der Waals surface area contributed by atoms with Crippen LogP contribution in [0.4, 0.5) is 5.69 Å². The van der Waals surface area contributed by atoms with E-state index in [-0.39, 0.29) is 0 Å². The normalized spacial score (nSPS) is 11.3. The Kier molecular flexibility index (Phi) is 6.23. The zero-order chi connectivity index (χ0) is 24.7. The molecule has 0 spiro atoms. The first kappa shape index (κ1) is 23.4. The standard InChI is InChI=1S/C23H21IN8O2S/c1-29-18-19(30(2)23(34)31(3)20(18)33)26-21(29)35-22-28-27-17(32(22)16-7-5-4-6-8-16)13-25-15-11-9-14(24)10-12-15/h4-12,25H,13H2,1-3H3. The number of hydrogen-bond donors (Lipinski definition) is 1. The molecule has 10 nitrogen and oxygen atoms in total. The van der Waals surface area contributed by atoms with Crippen LogP contribution in [0, 0.1) is 3.57 Å². The van der Waals surface area contributed by atoms with Crippen LogP contribution in [-0.2, 0) is 27.7 Å². The average molecular weight is 600 g/mol. The minimum Gasteiger partial charge on any atom is -0.378 e. The maximum atomic E-state index is 12.8. The van der Waals surface area contributed by atoms with Crippen LogP contribution in [0.5, 0.6) is 0 Å². The number of hydrogen-bond acceptors (Lipinski definition) is 7. The molecule has 0 aliphatic rings. The van der Waals surface area contributed by atoms with Gasteiger partial charge in [0, 0.05) is 36.1 Å². The minimum absolute atomic E-state index is 0.328. The molecule has 0 saturated heterocycles. The first-order valence-corrected chi connectivity index (χ1v) is 12.5. The number of anilines is 1. The van der Waals surface area contributed by atoms with Crippen LogP contribution in [-0.4, -0.2) is 33.4 Å². The summed E-state index contributed by atoms with van der Waals surface area (Å²) in [4.78, 5) is 29.7. The predicted molar refractivity (Wildman–Crippen MR) is 143 cm³/mol. The second kappa shape index (κ2) is 9.34. The zero-order valence-electron chi connectivity index (χ0n) is 19.1. The van der Waals surface area contributed by atoms with E-state index >= 15 is 0 Å². The van der Waals surface area contributed by atoms with Crippen molar-refractivity contribution >= 4 is 51.2 Å². The fourth-order valence-corrected chi connectivity index (χ4v) is 5.00. The van der Waals surface area contributed by atoms with Crippen LogP contribution in [0.3, 0.4) is 0 Å². The number of halogens is 1. The first-order valence-electron chi connectivity index (χ1n) is 10.6. The highest BCUT2D eigenvalue weighted by molar-refractivity contribution is 14.1. The lowest BCUT2D eigenvalue weighted by atomic mass is 10.3. The number of nitrogens with one attached hydrogen (secondary N) is 1. The van der Waals surface area contributed by atoms with Gasteiger partial charge in [0.25, 0.3) is 5.56 Å². The molecular formula is C23H21IN8O2S. The van der Waals surface area contributed by atoms with Gasteiger partial charge in [-0.2, -0.15) is 0 Å². The molecule has 0 amide bonds. The van der Waals surface area contributed by atoms with Gasteiger partial charge in [0.15, 0.2) is 22.1 Å².